The molecule has 0 spiro atoms. The Labute approximate surface area is 83.6 Å². The highest BCUT2D eigenvalue weighted by molar-refractivity contribution is 5.16. The van der Waals surface area contributed by atoms with Crippen molar-refractivity contribution in [3.8, 4) is 0 Å². The van der Waals surface area contributed by atoms with E-state index in [-0.39, 0.29) is 5.82 Å². The highest BCUT2D eigenvalue weighted by Gasteiger charge is 2.01. The molecule has 1 aromatic carbocycles. The molecule has 2 nitrogen and oxygen atoms in total. The number of benzene rings is 1. The highest BCUT2D eigenvalue weighted by Crippen LogP contribution is 2.08. The van der Waals surface area contributed by atoms with Crippen molar-refractivity contribution < 1.29 is 9.50 Å². The van der Waals surface area contributed by atoms with Crippen LogP contribution < -0.4 is 5.73 Å². The lowest BCUT2D eigenvalue weighted by molar-refractivity contribution is 0.170. The minimum atomic E-state index is -0.427. The van der Waals surface area contributed by atoms with E-state index in [4.69, 9.17) is 5.73 Å². The fourth-order valence-electron chi connectivity index (χ4n) is 1.35. The van der Waals surface area contributed by atoms with Crippen molar-refractivity contribution in [2.24, 2.45) is 5.73 Å². The Kier molecular flexibility index (Phi) is 4.56. The lowest BCUT2D eigenvalue weighted by Gasteiger charge is -2.06. The van der Waals surface area contributed by atoms with Crippen LogP contribution in [-0.2, 0) is 6.42 Å². The molecule has 0 amide bonds. The average Bonchev–Trinajstić information content (AvgIpc) is 2.17. The van der Waals surface area contributed by atoms with Crippen LogP contribution in [-0.4, -0.2) is 17.8 Å². The monoisotopic (exact) mass is 197 g/mol. The first-order valence-corrected chi connectivity index (χ1v) is 4.85. The average molecular weight is 197 g/mol. The predicted molar refractivity (Wildman–Crippen MR) is 54.4 cm³/mol. The van der Waals surface area contributed by atoms with Crippen LogP contribution in [0.3, 0.4) is 0 Å². The van der Waals surface area contributed by atoms with Gasteiger partial charge >= 0.3 is 0 Å². The van der Waals surface area contributed by atoms with Crippen LogP contribution in [0.1, 0.15) is 18.4 Å². The predicted octanol–water partition coefficient (Wildman–Crippen LogP) is 1.47. The fraction of sp³-hybridized carbons (Fsp3) is 0.455. The first kappa shape index (κ1) is 11.1. The molecule has 0 aliphatic carbocycles. The van der Waals surface area contributed by atoms with Gasteiger partial charge in [-0.3, -0.25) is 0 Å². The molecule has 0 aromatic heterocycles. The number of hydrogen-bond acceptors (Lipinski definition) is 2. The molecule has 0 aliphatic rings. The van der Waals surface area contributed by atoms with Crippen molar-refractivity contribution in [3.63, 3.8) is 0 Å². The maximum Gasteiger partial charge on any atom is 0.123 e. The van der Waals surface area contributed by atoms with E-state index in [1.54, 1.807) is 6.07 Å². The maximum absolute atomic E-state index is 12.7. The Morgan fingerprint density at radius 3 is 2.86 bits per heavy atom. The van der Waals surface area contributed by atoms with Crippen molar-refractivity contribution in [2.75, 3.05) is 6.54 Å². The van der Waals surface area contributed by atoms with Crippen LogP contribution in [0.2, 0.25) is 0 Å². The minimum absolute atomic E-state index is 0.207. The summed E-state index contributed by atoms with van der Waals surface area (Å²) >= 11 is 0. The first-order valence-electron chi connectivity index (χ1n) is 4.85. The molecular weight excluding hydrogens is 181 g/mol. The SMILES string of the molecule is NCC(O)CCCc1cccc(F)c1. The van der Waals surface area contributed by atoms with Gasteiger partial charge in [0.1, 0.15) is 5.82 Å². The molecule has 3 N–H and O–H groups in total. The van der Waals surface area contributed by atoms with Gasteiger partial charge in [-0.1, -0.05) is 12.1 Å². The van der Waals surface area contributed by atoms with Crippen molar-refractivity contribution in [1.29, 1.82) is 0 Å². The molecule has 1 aromatic rings. The van der Waals surface area contributed by atoms with Crippen LogP contribution in [0.15, 0.2) is 24.3 Å². The summed E-state index contributed by atoms with van der Waals surface area (Å²) in [6.07, 6.45) is 1.87. The number of hydrogen-bond donors (Lipinski definition) is 2. The van der Waals surface area contributed by atoms with Gasteiger partial charge < -0.3 is 10.8 Å². The van der Waals surface area contributed by atoms with Crippen molar-refractivity contribution >= 4 is 0 Å². The summed E-state index contributed by atoms with van der Waals surface area (Å²) in [5.74, 6) is -0.207. The van der Waals surface area contributed by atoms with Crippen LogP contribution in [0.5, 0.6) is 0 Å². The largest absolute Gasteiger partial charge is 0.392 e. The molecule has 0 radical (unpaired) electrons. The molecule has 3 heteroatoms. The Balaban J connectivity index is 2.31. The highest BCUT2D eigenvalue weighted by atomic mass is 19.1. The Morgan fingerprint density at radius 1 is 1.43 bits per heavy atom. The third-order valence-corrected chi connectivity index (χ3v) is 2.16. The summed E-state index contributed by atoms with van der Waals surface area (Å²) in [6.45, 7) is 0.295. The summed E-state index contributed by atoms with van der Waals surface area (Å²) in [7, 11) is 0. The molecule has 0 saturated heterocycles. The van der Waals surface area contributed by atoms with Crippen LogP contribution in [0.25, 0.3) is 0 Å². The smallest absolute Gasteiger partial charge is 0.123 e. The summed E-state index contributed by atoms with van der Waals surface area (Å²) in [6, 6.07) is 6.54. The quantitative estimate of drug-likeness (QED) is 0.750. The van der Waals surface area contributed by atoms with Gasteiger partial charge in [0.25, 0.3) is 0 Å². The fourth-order valence-corrected chi connectivity index (χ4v) is 1.35. The lowest BCUT2D eigenvalue weighted by atomic mass is 10.1. The van der Waals surface area contributed by atoms with Crippen LogP contribution >= 0.6 is 0 Å². The topological polar surface area (TPSA) is 46.2 Å². The summed E-state index contributed by atoms with van der Waals surface area (Å²) < 4.78 is 12.7. The Morgan fingerprint density at radius 2 is 2.21 bits per heavy atom. The van der Waals surface area contributed by atoms with Crippen LogP contribution in [0.4, 0.5) is 4.39 Å². The third kappa shape index (κ3) is 3.85. The van der Waals surface area contributed by atoms with Gasteiger partial charge in [0.15, 0.2) is 0 Å². The summed E-state index contributed by atoms with van der Waals surface area (Å²) in [5, 5.41) is 9.19. The number of aliphatic hydroxyl groups excluding tert-OH is 1. The minimum Gasteiger partial charge on any atom is -0.392 e. The van der Waals surface area contributed by atoms with Crippen molar-refractivity contribution in [3.05, 3.63) is 35.6 Å². The lowest BCUT2D eigenvalue weighted by Crippen LogP contribution is -2.19. The molecular formula is C11H16FNO. The molecule has 1 rings (SSSR count). The molecule has 14 heavy (non-hydrogen) atoms. The van der Waals surface area contributed by atoms with E-state index in [2.05, 4.69) is 0 Å². The second kappa shape index (κ2) is 5.73. The third-order valence-electron chi connectivity index (χ3n) is 2.16. The Hall–Kier alpha value is -0.930. The number of nitrogens with two attached hydrogens (primary N) is 1. The van der Waals surface area contributed by atoms with E-state index >= 15 is 0 Å². The van der Waals surface area contributed by atoms with Gasteiger partial charge in [-0.25, -0.2) is 4.39 Å². The molecule has 0 saturated carbocycles. The second-order valence-corrected chi connectivity index (χ2v) is 3.41. The number of aryl methyl sites for hydroxylation is 1. The Bertz CT molecular complexity index is 278. The van der Waals surface area contributed by atoms with E-state index < -0.39 is 6.10 Å². The molecule has 78 valence electrons. The van der Waals surface area contributed by atoms with Gasteiger partial charge in [0.2, 0.25) is 0 Å². The zero-order valence-corrected chi connectivity index (χ0v) is 8.12. The zero-order valence-electron chi connectivity index (χ0n) is 8.12. The van der Waals surface area contributed by atoms with Crippen LogP contribution in [0, 0.1) is 5.82 Å². The molecule has 0 aliphatic heterocycles. The summed E-state index contributed by atoms with van der Waals surface area (Å²) in [5.41, 5.74) is 6.23. The second-order valence-electron chi connectivity index (χ2n) is 3.41. The van der Waals surface area contributed by atoms with E-state index in [1.807, 2.05) is 6.07 Å². The molecule has 0 heterocycles. The maximum atomic E-state index is 12.7. The van der Waals surface area contributed by atoms with E-state index in [1.165, 1.54) is 12.1 Å². The van der Waals surface area contributed by atoms with Gasteiger partial charge in [0, 0.05) is 6.54 Å². The zero-order chi connectivity index (χ0) is 10.4. The van der Waals surface area contributed by atoms with E-state index in [9.17, 15) is 9.50 Å². The summed E-state index contributed by atoms with van der Waals surface area (Å²) in [4.78, 5) is 0. The number of rotatable bonds is 5. The molecule has 1 unspecified atom stereocenters. The normalized spacial score (nSPS) is 12.8. The van der Waals surface area contributed by atoms with E-state index in [0.717, 1.165) is 18.4 Å². The van der Waals surface area contributed by atoms with Gasteiger partial charge in [-0.2, -0.15) is 0 Å². The first-order chi connectivity index (χ1) is 6.72. The van der Waals surface area contributed by atoms with Gasteiger partial charge in [-0.15, -0.1) is 0 Å². The number of aliphatic hydroxyl groups is 1. The molecule has 1 atom stereocenters. The van der Waals surface area contributed by atoms with Gasteiger partial charge in [-0.05, 0) is 37.0 Å². The van der Waals surface area contributed by atoms with E-state index in [0.29, 0.717) is 13.0 Å². The van der Waals surface area contributed by atoms with Crippen molar-refractivity contribution in [1.82, 2.24) is 0 Å². The molecule has 0 bridgehead atoms. The number of halogens is 1. The van der Waals surface area contributed by atoms with Crippen molar-refractivity contribution in [2.45, 2.75) is 25.4 Å². The molecule has 0 fully saturated rings. The van der Waals surface area contributed by atoms with Gasteiger partial charge in [0.05, 0.1) is 6.10 Å². The standard InChI is InChI=1S/C11H16FNO/c12-10-5-1-3-9(7-10)4-2-6-11(14)8-13/h1,3,5,7,11,14H,2,4,6,8,13H2.